The van der Waals surface area contributed by atoms with Gasteiger partial charge in [-0.15, -0.1) is 11.3 Å². The number of thiazole rings is 1. The van der Waals surface area contributed by atoms with E-state index in [1.54, 1.807) is 17.1 Å². The van der Waals surface area contributed by atoms with Gasteiger partial charge in [0.25, 0.3) is 5.89 Å². The first-order chi connectivity index (χ1) is 6.79. The van der Waals surface area contributed by atoms with E-state index in [-0.39, 0.29) is 0 Å². The van der Waals surface area contributed by atoms with Crippen molar-refractivity contribution in [3.05, 3.63) is 11.2 Å². The smallest absolute Gasteiger partial charge is 0.277 e. The maximum absolute atomic E-state index is 5.49. The third kappa shape index (κ3) is 1.88. The monoisotopic (exact) mass is 228 g/mol. The van der Waals surface area contributed by atoms with Gasteiger partial charge in [0.2, 0.25) is 0 Å². The first-order valence-electron chi connectivity index (χ1n) is 3.82. The highest BCUT2D eigenvalue weighted by Gasteiger charge is 2.10. The summed E-state index contributed by atoms with van der Waals surface area (Å²) in [6.45, 7) is 0. The minimum Gasteiger partial charge on any atom is -0.375 e. The zero-order valence-electron chi connectivity index (χ0n) is 7.43. The minimum atomic E-state index is 0.432. The molecule has 0 saturated heterocycles. The Bertz CT molecular complexity index is 425. The lowest BCUT2D eigenvalue weighted by atomic mass is 10.5. The Morgan fingerprint density at radius 2 is 2.43 bits per heavy atom. The Hall–Kier alpha value is -1.08. The van der Waals surface area contributed by atoms with Crippen molar-refractivity contribution in [3.8, 4) is 11.6 Å². The van der Waals surface area contributed by atoms with Gasteiger partial charge in [-0.3, -0.25) is 0 Å². The highest BCUT2D eigenvalue weighted by atomic mass is 32.2. The molecule has 2 aromatic rings. The molecular weight excluding hydrogens is 220 g/mol. The third-order valence-electron chi connectivity index (χ3n) is 1.48. The molecule has 0 unspecified atom stereocenters. The van der Waals surface area contributed by atoms with Gasteiger partial charge in [0.05, 0.1) is 5.75 Å². The Morgan fingerprint density at radius 3 is 3.07 bits per heavy atom. The summed E-state index contributed by atoms with van der Waals surface area (Å²) >= 11 is 3.00. The largest absolute Gasteiger partial charge is 0.375 e. The quantitative estimate of drug-likeness (QED) is 0.860. The SMILES string of the molecule is CSCc1noc(-c2csc(N)n2)n1. The van der Waals surface area contributed by atoms with Gasteiger partial charge in [-0.1, -0.05) is 5.16 Å². The van der Waals surface area contributed by atoms with Gasteiger partial charge in [0.1, 0.15) is 5.69 Å². The molecule has 0 radical (unpaired) electrons. The van der Waals surface area contributed by atoms with E-state index in [1.165, 1.54) is 11.3 Å². The van der Waals surface area contributed by atoms with Crippen LogP contribution in [0.2, 0.25) is 0 Å². The number of hydrogen-bond donors (Lipinski definition) is 1. The lowest BCUT2D eigenvalue weighted by molar-refractivity contribution is 0.424. The summed E-state index contributed by atoms with van der Waals surface area (Å²) in [5.41, 5.74) is 6.14. The van der Waals surface area contributed by atoms with Crippen LogP contribution in [-0.2, 0) is 5.75 Å². The molecule has 0 fully saturated rings. The van der Waals surface area contributed by atoms with Crippen molar-refractivity contribution in [2.45, 2.75) is 5.75 Å². The van der Waals surface area contributed by atoms with Crippen molar-refractivity contribution < 1.29 is 4.52 Å². The van der Waals surface area contributed by atoms with E-state index in [9.17, 15) is 0 Å². The highest BCUT2D eigenvalue weighted by molar-refractivity contribution is 7.97. The van der Waals surface area contributed by atoms with Crippen LogP contribution in [0, 0.1) is 0 Å². The van der Waals surface area contributed by atoms with Crippen LogP contribution in [0.5, 0.6) is 0 Å². The predicted molar refractivity (Wildman–Crippen MR) is 57.0 cm³/mol. The fourth-order valence-corrected chi connectivity index (χ4v) is 1.84. The molecule has 2 heterocycles. The molecule has 7 heteroatoms. The molecule has 0 aliphatic rings. The van der Waals surface area contributed by atoms with E-state index < -0.39 is 0 Å². The molecule has 2 aromatic heterocycles. The number of nitrogen functional groups attached to an aromatic ring is 1. The van der Waals surface area contributed by atoms with Gasteiger partial charge in [-0.25, -0.2) is 4.98 Å². The predicted octanol–water partition coefficient (Wildman–Crippen LogP) is 1.64. The average molecular weight is 228 g/mol. The Labute approximate surface area is 88.7 Å². The van der Waals surface area contributed by atoms with Gasteiger partial charge in [0.15, 0.2) is 11.0 Å². The summed E-state index contributed by atoms with van der Waals surface area (Å²) in [5, 5.41) is 6.11. The lowest BCUT2D eigenvalue weighted by Crippen LogP contribution is -1.84. The van der Waals surface area contributed by atoms with E-state index in [0.717, 1.165) is 5.75 Å². The average Bonchev–Trinajstić information content (AvgIpc) is 2.74. The highest BCUT2D eigenvalue weighted by Crippen LogP contribution is 2.21. The van der Waals surface area contributed by atoms with Crippen molar-refractivity contribution in [1.82, 2.24) is 15.1 Å². The minimum absolute atomic E-state index is 0.432. The third-order valence-corrected chi connectivity index (χ3v) is 2.70. The maximum atomic E-state index is 5.49. The van der Waals surface area contributed by atoms with Gasteiger partial charge in [0, 0.05) is 5.38 Å². The van der Waals surface area contributed by atoms with Crippen molar-refractivity contribution in [2.24, 2.45) is 0 Å². The fourth-order valence-electron chi connectivity index (χ4n) is 0.932. The standard InChI is InChI=1S/C7H8N4OS2/c1-13-3-5-10-6(12-11-5)4-2-14-7(8)9-4/h2H,3H2,1H3,(H2,8,9). The van der Waals surface area contributed by atoms with Crippen molar-refractivity contribution in [3.63, 3.8) is 0 Å². The number of rotatable bonds is 3. The van der Waals surface area contributed by atoms with Crippen LogP contribution in [0.4, 0.5) is 5.13 Å². The Morgan fingerprint density at radius 1 is 1.57 bits per heavy atom. The number of aromatic nitrogens is 3. The number of anilines is 1. The summed E-state index contributed by atoms with van der Waals surface area (Å²) in [7, 11) is 0. The van der Waals surface area contributed by atoms with E-state index in [4.69, 9.17) is 10.3 Å². The molecule has 0 bridgehead atoms. The normalized spacial score (nSPS) is 10.6. The Balaban J connectivity index is 2.24. The van der Waals surface area contributed by atoms with E-state index in [1.807, 2.05) is 6.26 Å². The van der Waals surface area contributed by atoms with Crippen LogP contribution in [0.15, 0.2) is 9.90 Å². The van der Waals surface area contributed by atoms with Crippen molar-refractivity contribution in [2.75, 3.05) is 12.0 Å². The maximum Gasteiger partial charge on any atom is 0.277 e. The summed E-state index contributed by atoms with van der Waals surface area (Å²) in [5.74, 6) is 1.85. The topological polar surface area (TPSA) is 77.8 Å². The van der Waals surface area contributed by atoms with Gasteiger partial charge < -0.3 is 10.3 Å². The summed E-state index contributed by atoms with van der Waals surface area (Å²) in [6.07, 6.45) is 1.98. The molecule has 0 aromatic carbocycles. The van der Waals surface area contributed by atoms with E-state index in [0.29, 0.717) is 22.5 Å². The van der Waals surface area contributed by atoms with Crippen molar-refractivity contribution >= 4 is 28.2 Å². The van der Waals surface area contributed by atoms with Crippen LogP contribution in [0.25, 0.3) is 11.6 Å². The molecule has 0 aliphatic heterocycles. The summed E-state index contributed by atoms with van der Waals surface area (Å²) in [6, 6.07) is 0. The molecular formula is C7H8N4OS2. The second-order valence-corrected chi connectivity index (χ2v) is 4.28. The van der Waals surface area contributed by atoms with Crippen molar-refractivity contribution in [1.29, 1.82) is 0 Å². The second-order valence-electron chi connectivity index (χ2n) is 2.52. The molecule has 0 aliphatic carbocycles. The number of hydrogen-bond acceptors (Lipinski definition) is 7. The van der Waals surface area contributed by atoms with Gasteiger partial charge >= 0.3 is 0 Å². The molecule has 74 valence electrons. The van der Waals surface area contributed by atoms with E-state index >= 15 is 0 Å². The number of nitrogens with zero attached hydrogens (tertiary/aromatic N) is 3. The first kappa shape index (κ1) is 9.47. The van der Waals surface area contributed by atoms with Gasteiger partial charge in [-0.05, 0) is 6.26 Å². The van der Waals surface area contributed by atoms with Crippen LogP contribution in [0.3, 0.4) is 0 Å². The second kappa shape index (κ2) is 3.97. The van der Waals surface area contributed by atoms with Crippen LogP contribution >= 0.6 is 23.1 Å². The molecule has 0 amide bonds. The molecule has 2 N–H and O–H groups in total. The summed E-state index contributed by atoms with van der Waals surface area (Å²) in [4.78, 5) is 8.22. The zero-order valence-corrected chi connectivity index (χ0v) is 9.06. The lowest BCUT2D eigenvalue weighted by Gasteiger charge is -1.84. The molecule has 0 atom stereocenters. The summed E-state index contributed by atoms with van der Waals surface area (Å²) < 4.78 is 5.03. The van der Waals surface area contributed by atoms with Crippen LogP contribution < -0.4 is 5.73 Å². The molecule has 0 spiro atoms. The number of nitrogens with two attached hydrogens (primary N) is 1. The van der Waals surface area contributed by atoms with Crippen LogP contribution in [0.1, 0.15) is 5.82 Å². The van der Waals surface area contributed by atoms with E-state index in [2.05, 4.69) is 15.1 Å². The van der Waals surface area contributed by atoms with Gasteiger partial charge in [-0.2, -0.15) is 16.7 Å². The molecule has 2 rings (SSSR count). The number of thioether (sulfide) groups is 1. The fraction of sp³-hybridized carbons (Fsp3) is 0.286. The molecule has 0 saturated carbocycles. The molecule has 14 heavy (non-hydrogen) atoms. The first-order valence-corrected chi connectivity index (χ1v) is 6.10. The Kier molecular flexibility index (Phi) is 2.69. The van der Waals surface area contributed by atoms with Crippen LogP contribution in [-0.4, -0.2) is 21.4 Å². The zero-order chi connectivity index (χ0) is 9.97. The molecule has 5 nitrogen and oxygen atoms in total.